The number of fused-ring (bicyclic) bond motifs is 1. The number of carbonyl (C=O) groups is 2. The number of thioether (sulfide) groups is 1. The third-order valence-electron chi connectivity index (χ3n) is 9.66. The Morgan fingerprint density at radius 3 is 1.90 bits per heavy atom. The average molecular weight is 709 g/mol. The third kappa shape index (κ3) is 6.71. The minimum atomic E-state index is -0.679. The van der Waals surface area contributed by atoms with Gasteiger partial charge in [-0.3, -0.25) is 14.5 Å². The van der Waals surface area contributed by atoms with E-state index in [1.165, 1.54) is 16.7 Å². The molecular weight excluding hydrogens is 673 g/mol. The van der Waals surface area contributed by atoms with E-state index in [1.807, 2.05) is 109 Å². The van der Waals surface area contributed by atoms with Crippen LogP contribution in [0.4, 0.5) is 0 Å². The molecule has 2 amide bonds. The number of carbonyl (C=O) groups excluding carboxylic acids is 2. The van der Waals surface area contributed by atoms with E-state index in [9.17, 15) is 14.7 Å². The van der Waals surface area contributed by atoms with Crippen LogP contribution in [0.15, 0.2) is 143 Å². The van der Waals surface area contributed by atoms with Gasteiger partial charge >= 0.3 is 0 Å². The highest BCUT2D eigenvalue weighted by atomic mass is 32.2. The Morgan fingerprint density at radius 2 is 1.27 bits per heavy atom. The minimum Gasteiger partial charge on any atom is -0.431 e. The van der Waals surface area contributed by atoms with E-state index in [4.69, 9.17) is 18.9 Å². The molecule has 260 valence electrons. The Labute approximate surface area is 306 Å². The predicted octanol–water partition coefficient (Wildman–Crippen LogP) is 8.88. The molecule has 1 N–H and O–H groups in total. The quantitative estimate of drug-likeness (QED) is 0.111. The molecule has 8 nitrogen and oxygen atoms in total. The van der Waals surface area contributed by atoms with Crippen molar-refractivity contribution in [2.75, 3.05) is 5.75 Å². The van der Waals surface area contributed by atoms with Crippen LogP contribution in [0, 0.1) is 5.92 Å². The van der Waals surface area contributed by atoms with Crippen molar-refractivity contribution in [3.8, 4) is 22.6 Å². The standard InChI is InChI=1S/C43H36N2O6S/c1-27-36(26-52-43-44-37(30-10-4-2-5-11-30)39(51-43)31-12-6-3-7-13-31)49-42(50-38(27)32-20-18-29(25-46)19-21-32)33-22-16-28(17-23-33)24-45-40(47)34-14-8-9-15-35(34)41(45)48/h2-23,27,36,38,42,46H,24-26H2,1H3/t27-,36+,38+,42+/m0/s1. The second-order valence-electron chi connectivity index (χ2n) is 13.0. The largest absolute Gasteiger partial charge is 0.431 e. The van der Waals surface area contributed by atoms with Gasteiger partial charge in [0.25, 0.3) is 17.0 Å². The van der Waals surface area contributed by atoms with Gasteiger partial charge in [-0.1, -0.05) is 140 Å². The highest BCUT2D eigenvalue weighted by Gasteiger charge is 2.39. The van der Waals surface area contributed by atoms with Gasteiger partial charge in [-0.25, -0.2) is 4.98 Å². The number of aliphatic hydroxyl groups is 1. The zero-order valence-electron chi connectivity index (χ0n) is 28.4. The van der Waals surface area contributed by atoms with Crippen molar-refractivity contribution in [1.82, 2.24) is 9.88 Å². The van der Waals surface area contributed by atoms with E-state index < -0.39 is 6.29 Å². The Balaban J connectivity index is 1.04. The number of aromatic nitrogens is 1. The first-order chi connectivity index (χ1) is 25.5. The number of rotatable bonds is 10. The molecule has 1 saturated heterocycles. The maximum Gasteiger partial charge on any atom is 0.261 e. The molecule has 0 radical (unpaired) electrons. The Bertz CT molecular complexity index is 2100. The van der Waals surface area contributed by atoms with Gasteiger partial charge in [-0.15, -0.1) is 0 Å². The number of oxazole rings is 1. The Hall–Kier alpha value is -5.32. The molecule has 4 atom stereocenters. The maximum absolute atomic E-state index is 13.0. The normalized spacial score (nSPS) is 19.9. The Kier molecular flexibility index (Phi) is 9.58. The van der Waals surface area contributed by atoms with Gasteiger partial charge in [0.05, 0.1) is 36.5 Å². The predicted molar refractivity (Wildman–Crippen MR) is 198 cm³/mol. The first kappa shape index (κ1) is 33.8. The summed E-state index contributed by atoms with van der Waals surface area (Å²) in [5.41, 5.74) is 7.04. The van der Waals surface area contributed by atoms with Crippen molar-refractivity contribution in [3.05, 3.63) is 167 Å². The molecule has 0 saturated carbocycles. The van der Waals surface area contributed by atoms with Crippen LogP contribution in [0.2, 0.25) is 0 Å². The smallest absolute Gasteiger partial charge is 0.261 e. The van der Waals surface area contributed by atoms with Crippen LogP contribution in [0.1, 0.15) is 62.3 Å². The van der Waals surface area contributed by atoms with E-state index in [2.05, 4.69) is 6.92 Å². The number of benzene rings is 5. The number of ether oxygens (including phenoxy) is 2. The molecule has 1 fully saturated rings. The summed E-state index contributed by atoms with van der Waals surface area (Å²) in [6.07, 6.45) is -1.21. The molecule has 2 aliphatic heterocycles. The van der Waals surface area contributed by atoms with Gasteiger partial charge in [-0.05, 0) is 28.8 Å². The zero-order chi connectivity index (χ0) is 35.6. The number of nitrogens with zero attached hydrogens (tertiary/aromatic N) is 2. The average Bonchev–Trinajstić information content (AvgIpc) is 3.74. The van der Waals surface area contributed by atoms with E-state index in [1.54, 1.807) is 24.3 Å². The molecule has 3 heterocycles. The van der Waals surface area contributed by atoms with E-state index in [0.29, 0.717) is 22.1 Å². The molecule has 9 heteroatoms. The summed E-state index contributed by atoms with van der Waals surface area (Å²) in [5, 5.41) is 10.2. The van der Waals surface area contributed by atoms with Crippen molar-refractivity contribution in [2.24, 2.45) is 5.92 Å². The maximum atomic E-state index is 13.0. The molecule has 0 bridgehead atoms. The van der Waals surface area contributed by atoms with Crippen molar-refractivity contribution in [1.29, 1.82) is 0 Å². The second-order valence-corrected chi connectivity index (χ2v) is 14.0. The second kappa shape index (κ2) is 14.7. The lowest BCUT2D eigenvalue weighted by Gasteiger charge is -2.41. The van der Waals surface area contributed by atoms with Gasteiger partial charge in [-0.2, -0.15) is 0 Å². The molecule has 6 aromatic rings. The van der Waals surface area contributed by atoms with Crippen molar-refractivity contribution in [2.45, 2.75) is 43.8 Å². The van der Waals surface area contributed by atoms with Crippen LogP contribution in [0.5, 0.6) is 0 Å². The van der Waals surface area contributed by atoms with Crippen LogP contribution in [0.25, 0.3) is 22.6 Å². The van der Waals surface area contributed by atoms with E-state index in [0.717, 1.165) is 44.8 Å². The first-order valence-electron chi connectivity index (χ1n) is 17.3. The van der Waals surface area contributed by atoms with Crippen LogP contribution >= 0.6 is 11.8 Å². The summed E-state index contributed by atoms with van der Waals surface area (Å²) >= 11 is 1.51. The van der Waals surface area contributed by atoms with E-state index >= 15 is 0 Å². The van der Waals surface area contributed by atoms with Gasteiger partial charge in [0, 0.05) is 28.4 Å². The molecule has 5 aromatic carbocycles. The summed E-state index contributed by atoms with van der Waals surface area (Å²) in [6.45, 7) is 2.25. The molecule has 0 unspecified atom stereocenters. The number of aliphatic hydroxyl groups excluding tert-OH is 1. The number of imide groups is 1. The van der Waals surface area contributed by atoms with Gasteiger partial charge in [0.2, 0.25) is 0 Å². The fraction of sp³-hybridized carbons (Fsp3) is 0.186. The lowest BCUT2D eigenvalue weighted by molar-refractivity contribution is -0.268. The third-order valence-corrected chi connectivity index (χ3v) is 10.6. The number of hydrogen-bond acceptors (Lipinski definition) is 8. The lowest BCUT2D eigenvalue weighted by Crippen LogP contribution is -2.38. The van der Waals surface area contributed by atoms with Gasteiger partial charge < -0.3 is 19.0 Å². The molecule has 0 aliphatic carbocycles. The fourth-order valence-electron chi connectivity index (χ4n) is 6.75. The van der Waals surface area contributed by atoms with Crippen molar-refractivity contribution in [3.63, 3.8) is 0 Å². The highest BCUT2D eigenvalue weighted by molar-refractivity contribution is 7.99. The van der Waals surface area contributed by atoms with Crippen LogP contribution in [-0.2, 0) is 22.6 Å². The van der Waals surface area contributed by atoms with Crippen molar-refractivity contribution >= 4 is 23.6 Å². The van der Waals surface area contributed by atoms with E-state index in [-0.39, 0.29) is 43.1 Å². The number of amides is 2. The number of hydrogen-bond donors (Lipinski definition) is 1. The minimum absolute atomic E-state index is 0.0334. The van der Waals surface area contributed by atoms with Gasteiger partial charge in [0.15, 0.2) is 12.1 Å². The molecule has 8 rings (SSSR count). The Morgan fingerprint density at radius 1 is 0.692 bits per heavy atom. The summed E-state index contributed by atoms with van der Waals surface area (Å²) in [6, 6.07) is 42.4. The summed E-state index contributed by atoms with van der Waals surface area (Å²) in [5.74, 6) is 0.675. The van der Waals surface area contributed by atoms with Crippen LogP contribution in [0.3, 0.4) is 0 Å². The fourth-order valence-corrected chi connectivity index (χ4v) is 7.73. The van der Waals surface area contributed by atoms with Crippen LogP contribution in [-0.4, -0.2) is 38.7 Å². The summed E-state index contributed by atoms with van der Waals surface area (Å²) in [4.78, 5) is 32.2. The molecule has 0 spiro atoms. The summed E-state index contributed by atoms with van der Waals surface area (Å²) in [7, 11) is 0. The lowest BCUT2D eigenvalue weighted by atomic mass is 9.91. The van der Waals surface area contributed by atoms with Crippen LogP contribution < -0.4 is 0 Å². The topological polar surface area (TPSA) is 102 Å². The van der Waals surface area contributed by atoms with Gasteiger partial charge in [0.1, 0.15) is 5.69 Å². The SMILES string of the molecule is C[C@H]1[C@@H](CSc2nc(-c3ccccc3)c(-c3ccccc3)o2)O[C@@H](c2ccc(CN3C(=O)c4ccccc4C3=O)cc2)O[C@H]1c1ccc(CO)cc1. The summed E-state index contributed by atoms with van der Waals surface area (Å²) < 4.78 is 19.8. The zero-order valence-corrected chi connectivity index (χ0v) is 29.2. The molecular formula is C43H36N2O6S. The highest BCUT2D eigenvalue weighted by Crippen LogP contribution is 2.44. The first-order valence-corrected chi connectivity index (χ1v) is 18.2. The molecule has 1 aromatic heterocycles. The monoisotopic (exact) mass is 708 g/mol. The van der Waals surface area contributed by atoms with Crippen molar-refractivity contribution < 1.29 is 28.6 Å². The molecule has 2 aliphatic rings. The molecule has 52 heavy (non-hydrogen) atoms.